The number of fused-ring (bicyclic) bond motifs is 4. The van der Waals surface area contributed by atoms with Crippen molar-refractivity contribution in [2.75, 3.05) is 5.33 Å². The van der Waals surface area contributed by atoms with Gasteiger partial charge in [-0.3, -0.25) is 0 Å². The molecule has 0 aliphatic heterocycles. The summed E-state index contributed by atoms with van der Waals surface area (Å²) in [7, 11) is 0. The molecule has 95 heavy (non-hydrogen) atoms. The average molecular weight is 1370 g/mol. The summed E-state index contributed by atoms with van der Waals surface area (Å²) in [6.07, 6.45) is 17.9. The number of aryl methyl sites for hydroxylation is 7. The first-order chi connectivity index (χ1) is 44.8. The lowest BCUT2D eigenvalue weighted by Crippen LogP contribution is -2.37. The van der Waals surface area contributed by atoms with Gasteiger partial charge in [-0.2, -0.15) is 48.8 Å². The Hall–Kier alpha value is -7.49. The Morgan fingerprint density at radius 3 is 1.05 bits per heavy atom. The molecule has 0 saturated carbocycles. The predicted molar refractivity (Wildman–Crippen MR) is 368 cm³/mol. The Morgan fingerprint density at radius 2 is 0.789 bits per heavy atom. The van der Waals surface area contributed by atoms with Crippen LogP contribution in [0.5, 0.6) is 0 Å². The highest BCUT2D eigenvalue weighted by Gasteiger charge is 2.33. The lowest BCUT2D eigenvalue weighted by Gasteiger charge is -2.31. The molecule has 2 N–H and O–H groups in total. The Bertz CT molecular complexity index is 3440. The Morgan fingerprint density at radius 1 is 0.484 bits per heavy atom. The Balaban J connectivity index is 0.000000313. The number of carbonyl (C=O) groups excluding carboxylic acids is 8. The number of tetrazole rings is 2. The molecule has 8 atom stereocenters. The number of aromatic amines is 2. The Kier molecular flexibility index (Phi) is 34.0. The molecule has 4 aliphatic carbocycles. The topological polar surface area (TPSA) is 260 Å². The largest absolute Gasteiger partial charge is 0.373 e. The summed E-state index contributed by atoms with van der Waals surface area (Å²) < 4.78 is 0. The fraction of sp³-hybridized carbons (Fsp3) is 0.597. The molecule has 2 aromatic heterocycles. The molecule has 8 unspecified atom stereocenters. The molecule has 0 amide bonds. The molecule has 0 bridgehead atoms. The van der Waals surface area contributed by atoms with Crippen LogP contribution in [0.15, 0.2) is 72.8 Å². The van der Waals surface area contributed by atoms with Crippen LogP contribution >= 0.6 is 15.9 Å². The molecule has 0 saturated heterocycles. The van der Waals surface area contributed by atoms with Crippen LogP contribution in [0.4, 0.5) is 0 Å². The fourth-order valence-electron chi connectivity index (χ4n) is 14.3. The van der Waals surface area contributed by atoms with Gasteiger partial charge >= 0.3 is 30.4 Å². The van der Waals surface area contributed by atoms with Gasteiger partial charge in [-0.15, -0.1) is 10.2 Å². The van der Waals surface area contributed by atoms with E-state index in [1.54, 1.807) is 43.7 Å². The highest BCUT2D eigenvalue weighted by atomic mass is 79.9. The molecular formula is C77H107BrN9O8+. The van der Waals surface area contributed by atoms with Crippen molar-refractivity contribution in [3.63, 3.8) is 0 Å². The summed E-state index contributed by atoms with van der Waals surface area (Å²) in [6, 6.07) is 30.9. The van der Waals surface area contributed by atoms with E-state index in [0.29, 0.717) is 53.3 Å². The number of nitriles is 1. The molecule has 0 fully saturated rings. The van der Waals surface area contributed by atoms with Gasteiger partial charge in [-0.1, -0.05) is 210 Å². The lowest BCUT2D eigenvalue weighted by atomic mass is 9.73. The third-order valence-electron chi connectivity index (χ3n) is 19.5. The van der Waals surface area contributed by atoms with E-state index in [2.05, 4.69) is 249 Å². The second kappa shape index (κ2) is 39.5. The zero-order chi connectivity index (χ0) is 71.3. The first-order valence-corrected chi connectivity index (χ1v) is 34.9. The van der Waals surface area contributed by atoms with Crippen LogP contribution in [0.25, 0.3) is 0 Å². The molecule has 17 nitrogen and oxygen atoms in total. The summed E-state index contributed by atoms with van der Waals surface area (Å²) >= 11 is 3.61. The van der Waals surface area contributed by atoms with Crippen LogP contribution in [0.2, 0.25) is 0 Å². The van der Waals surface area contributed by atoms with Crippen molar-refractivity contribution in [1.29, 1.82) is 5.26 Å². The Labute approximate surface area is 574 Å². The minimum atomic E-state index is 0.215. The van der Waals surface area contributed by atoms with Gasteiger partial charge in [0.05, 0.1) is 11.2 Å². The van der Waals surface area contributed by atoms with Crippen LogP contribution in [0, 0.1) is 33.0 Å². The molecule has 514 valence electrons. The van der Waals surface area contributed by atoms with Crippen molar-refractivity contribution in [2.24, 2.45) is 21.7 Å². The summed E-state index contributed by atoms with van der Waals surface area (Å²) in [5.41, 5.74) is 19.4. The van der Waals surface area contributed by atoms with E-state index >= 15 is 0 Å². The van der Waals surface area contributed by atoms with Crippen molar-refractivity contribution in [1.82, 2.24) is 36.0 Å². The van der Waals surface area contributed by atoms with Crippen LogP contribution in [-0.4, -0.2) is 66.0 Å². The molecule has 2 heterocycles. The summed E-state index contributed by atoms with van der Waals surface area (Å²) in [4.78, 5) is 66.8. The molecule has 6 aromatic rings. The van der Waals surface area contributed by atoms with Gasteiger partial charge in [0, 0.05) is 24.6 Å². The number of rotatable bonds is 15. The zero-order valence-electron chi connectivity index (χ0n) is 59.8. The average Bonchev–Trinajstić information content (AvgIpc) is 1.79. The van der Waals surface area contributed by atoms with E-state index in [1.165, 1.54) is 85.6 Å². The predicted octanol–water partition coefficient (Wildman–Crippen LogP) is 16.4. The highest BCUT2D eigenvalue weighted by molar-refractivity contribution is 9.09. The maximum absolute atomic E-state index is 8.87. The first-order valence-electron chi connectivity index (χ1n) is 33.8. The monoisotopic (exact) mass is 1360 g/mol. The second-order valence-electron chi connectivity index (χ2n) is 30.1. The normalized spacial score (nSPS) is 17.4. The molecule has 4 aliphatic rings. The number of alkyl halides is 1. The van der Waals surface area contributed by atoms with Gasteiger partial charge in [0.2, 0.25) is 0 Å². The third kappa shape index (κ3) is 25.5. The van der Waals surface area contributed by atoms with Gasteiger partial charge in [-0.25, -0.2) is 0 Å². The van der Waals surface area contributed by atoms with Gasteiger partial charge in [-0.05, 0) is 230 Å². The SMILES string of the molecule is CC1CCc2ccc(C(CCBr)C(C)(C)C)cc21.CC1CCc2ccc(C(CCC#N)C(C)(C)C)cc21.CC1CCc2ccc(C(CCc3nn[nH]n3)C(C)(C)C)cc21.CC[n+]1nc(CCC(c2ccc3c(c2)C(C)CC3)C(C)(C)C)n[nH]1.O=C=O.O=C=O.O=C=O.O=C=O. The number of hydrogen-bond donors (Lipinski definition) is 2. The number of benzene rings is 4. The third-order valence-corrected chi connectivity index (χ3v) is 19.9. The lowest BCUT2D eigenvalue weighted by molar-refractivity contribution is -0.802. The second-order valence-corrected chi connectivity index (χ2v) is 30.9. The number of halogens is 1. The summed E-state index contributed by atoms with van der Waals surface area (Å²) in [6.45, 7) is 40.2. The smallest absolute Gasteiger partial charge is 0.198 e. The highest BCUT2D eigenvalue weighted by Crippen LogP contribution is 2.46. The van der Waals surface area contributed by atoms with E-state index in [4.69, 9.17) is 43.6 Å². The maximum atomic E-state index is 8.87. The number of aromatic nitrogens is 8. The number of nitrogens with one attached hydrogen (secondary N) is 2. The van der Waals surface area contributed by atoms with E-state index in [9.17, 15) is 0 Å². The fourth-order valence-corrected chi connectivity index (χ4v) is 14.7. The van der Waals surface area contributed by atoms with Gasteiger partial charge in [0.25, 0.3) is 0 Å². The van der Waals surface area contributed by atoms with Crippen molar-refractivity contribution in [3.05, 3.63) is 151 Å². The van der Waals surface area contributed by atoms with E-state index in [-0.39, 0.29) is 40.9 Å². The van der Waals surface area contributed by atoms with E-state index in [1.807, 2.05) is 0 Å². The van der Waals surface area contributed by atoms with Crippen molar-refractivity contribution in [3.8, 4) is 6.07 Å². The number of H-pyrrole nitrogens is 2. The molecular weight excluding hydrogens is 1260 g/mol. The molecule has 10 rings (SSSR count). The van der Waals surface area contributed by atoms with Crippen molar-refractivity contribution >= 4 is 40.5 Å². The zero-order valence-corrected chi connectivity index (χ0v) is 61.4. The number of nitrogens with zero attached hydrogens (tertiary/aromatic N) is 7. The van der Waals surface area contributed by atoms with Gasteiger partial charge in [0.1, 0.15) is 6.54 Å². The van der Waals surface area contributed by atoms with Crippen molar-refractivity contribution in [2.45, 2.75) is 268 Å². The number of hydrogen-bond acceptors (Lipinski definition) is 14. The van der Waals surface area contributed by atoms with Crippen LogP contribution < -0.4 is 4.80 Å². The van der Waals surface area contributed by atoms with Gasteiger partial charge < -0.3 is 0 Å². The minimum absolute atomic E-state index is 0.215. The summed E-state index contributed by atoms with van der Waals surface area (Å²) in [5.74, 6) is 6.74. The van der Waals surface area contributed by atoms with Crippen LogP contribution in [0.3, 0.4) is 0 Å². The molecule has 0 spiro atoms. The quantitative estimate of drug-likeness (QED) is 0.0716. The van der Waals surface area contributed by atoms with E-state index < -0.39 is 0 Å². The molecule has 18 heteroatoms. The van der Waals surface area contributed by atoms with Gasteiger partial charge in [0.15, 0.2) is 5.82 Å². The standard InChI is InChI=1S/C20H30N4.C18H26N4.C18H25N.C17H25Br.4CO2/c1-6-24-22-19(21-23-24)12-11-18(20(3,4)5)16-10-9-15-8-7-14(2)17(15)13-16;1-12-5-6-13-7-8-14(11-15(12)13)16(18(2,3)4)9-10-17-19-21-22-20-17;1-13-7-8-14-9-10-15(12-16(13)14)17(6-5-11-19)18(2,3)4;1-12-5-6-13-7-8-14(11-15(12)13)16(9-10-18)17(2,3)4;4*2-1-3/h9-10,13-14,18H,6-8,11-12H2,1-5H3;7-8,11-12,16H,5-6,9-10H2,1-4H3,(H,19,20,21,22);9-10,12-13,17H,5-8H2,1-4H3;7-8,11-12,16H,5-6,9-10H2,1-4H3;;;;/p+1. The first kappa shape index (κ1) is 81.7. The van der Waals surface area contributed by atoms with Crippen molar-refractivity contribution < 1.29 is 43.2 Å². The summed E-state index contributed by atoms with van der Waals surface area (Å²) in [5, 5.41) is 36.1. The van der Waals surface area contributed by atoms with Crippen LogP contribution in [-0.2, 0) is 83.4 Å². The molecule has 0 radical (unpaired) electrons. The van der Waals surface area contributed by atoms with Crippen LogP contribution in [0.1, 0.15) is 301 Å². The van der Waals surface area contributed by atoms with E-state index in [0.717, 1.165) is 61.5 Å². The molecule has 4 aromatic carbocycles. The minimum Gasteiger partial charge on any atom is -0.198 e. The maximum Gasteiger partial charge on any atom is 0.373 e.